The molecule has 110 valence electrons. The molecule has 2 rings (SSSR count). The van der Waals surface area contributed by atoms with Crippen LogP contribution in [0, 0.1) is 12.8 Å². The predicted octanol–water partition coefficient (Wildman–Crippen LogP) is 0.715. The zero-order valence-corrected chi connectivity index (χ0v) is 12.5. The molecular formula is C14H22N4O2. The minimum absolute atomic E-state index is 0.0631. The summed E-state index contributed by atoms with van der Waals surface area (Å²) in [7, 11) is 1.79. The fourth-order valence-corrected chi connectivity index (χ4v) is 2.59. The van der Waals surface area contributed by atoms with Crippen LogP contribution in [0.15, 0.2) is 6.20 Å². The highest BCUT2D eigenvalue weighted by molar-refractivity contribution is 5.97. The molecule has 0 saturated carbocycles. The maximum absolute atomic E-state index is 12.6. The van der Waals surface area contributed by atoms with Gasteiger partial charge in [-0.2, -0.15) is 5.10 Å². The van der Waals surface area contributed by atoms with Crippen molar-refractivity contribution in [3.63, 3.8) is 0 Å². The van der Waals surface area contributed by atoms with Gasteiger partial charge in [0.25, 0.3) is 5.91 Å². The number of aryl methyl sites for hydroxylation is 2. The summed E-state index contributed by atoms with van der Waals surface area (Å²) in [5, 5.41) is 7.05. The molecule has 1 aliphatic heterocycles. The maximum Gasteiger partial charge on any atom is 0.275 e. The van der Waals surface area contributed by atoms with Gasteiger partial charge in [-0.25, -0.2) is 0 Å². The first kappa shape index (κ1) is 14.6. The molecule has 1 fully saturated rings. The Morgan fingerprint density at radius 2 is 2.25 bits per heavy atom. The Balaban J connectivity index is 2.25. The first-order valence-corrected chi connectivity index (χ1v) is 6.99. The summed E-state index contributed by atoms with van der Waals surface area (Å²) in [6.07, 6.45) is 2.48. The van der Waals surface area contributed by atoms with Crippen LogP contribution in [0.1, 0.15) is 36.3 Å². The second-order valence-electron chi connectivity index (χ2n) is 5.77. The first-order valence-electron chi connectivity index (χ1n) is 6.99. The molecule has 1 saturated heterocycles. The van der Waals surface area contributed by atoms with Crippen molar-refractivity contribution in [2.75, 3.05) is 13.1 Å². The van der Waals surface area contributed by atoms with Gasteiger partial charge in [0.15, 0.2) is 5.69 Å². The Labute approximate surface area is 119 Å². The van der Waals surface area contributed by atoms with Gasteiger partial charge in [-0.3, -0.25) is 14.3 Å². The van der Waals surface area contributed by atoms with Crippen LogP contribution in [-0.4, -0.2) is 45.6 Å². The highest BCUT2D eigenvalue weighted by atomic mass is 16.2. The molecule has 1 aliphatic rings. The van der Waals surface area contributed by atoms with Gasteiger partial charge in [-0.15, -0.1) is 0 Å². The number of carbonyl (C=O) groups is 2. The lowest BCUT2D eigenvalue weighted by Crippen LogP contribution is -2.57. The van der Waals surface area contributed by atoms with Gasteiger partial charge < -0.3 is 10.2 Å². The van der Waals surface area contributed by atoms with E-state index < -0.39 is 6.04 Å². The third-order valence-electron chi connectivity index (χ3n) is 3.50. The standard InChI is InChI=1S/C14H22N4O2/c1-9(2)7-11-13(19)15-5-6-18(11)14(20)12-10(3)8-17(4)16-12/h8-9,11H,5-7H2,1-4H3,(H,15,19)/t11-/m0/s1. The molecule has 6 heteroatoms. The van der Waals surface area contributed by atoms with Crippen LogP contribution in [0.4, 0.5) is 0 Å². The summed E-state index contributed by atoms with van der Waals surface area (Å²) >= 11 is 0. The van der Waals surface area contributed by atoms with Gasteiger partial charge in [-0.1, -0.05) is 13.8 Å². The molecule has 0 unspecified atom stereocenters. The molecular weight excluding hydrogens is 256 g/mol. The monoisotopic (exact) mass is 278 g/mol. The molecule has 6 nitrogen and oxygen atoms in total. The molecule has 1 aromatic heterocycles. The molecule has 1 aromatic rings. The quantitative estimate of drug-likeness (QED) is 0.885. The molecule has 2 amide bonds. The fraction of sp³-hybridized carbons (Fsp3) is 0.643. The van der Waals surface area contributed by atoms with Crippen LogP contribution in [0.25, 0.3) is 0 Å². The SMILES string of the molecule is Cc1cn(C)nc1C(=O)N1CCNC(=O)[C@@H]1CC(C)C. The van der Waals surface area contributed by atoms with Gasteiger partial charge >= 0.3 is 0 Å². The number of piperazine rings is 1. The van der Waals surface area contributed by atoms with Crippen molar-refractivity contribution in [2.24, 2.45) is 13.0 Å². The normalized spacial score (nSPS) is 19.4. The van der Waals surface area contributed by atoms with Crippen LogP contribution < -0.4 is 5.32 Å². The van der Waals surface area contributed by atoms with Crippen molar-refractivity contribution in [1.82, 2.24) is 20.0 Å². The van der Waals surface area contributed by atoms with Crippen molar-refractivity contribution in [3.8, 4) is 0 Å². The number of hydrogen-bond donors (Lipinski definition) is 1. The number of nitrogens with one attached hydrogen (secondary N) is 1. The zero-order chi connectivity index (χ0) is 14.9. The van der Waals surface area contributed by atoms with E-state index in [2.05, 4.69) is 24.3 Å². The Hall–Kier alpha value is -1.85. The van der Waals surface area contributed by atoms with Crippen LogP contribution in [0.5, 0.6) is 0 Å². The Bertz CT molecular complexity index is 521. The number of rotatable bonds is 3. The lowest BCUT2D eigenvalue weighted by Gasteiger charge is -2.35. The number of carbonyl (C=O) groups excluding carboxylic acids is 2. The van der Waals surface area contributed by atoms with E-state index >= 15 is 0 Å². The number of hydrogen-bond acceptors (Lipinski definition) is 3. The van der Waals surface area contributed by atoms with E-state index in [1.54, 1.807) is 16.6 Å². The van der Waals surface area contributed by atoms with E-state index in [1.807, 2.05) is 13.1 Å². The molecule has 0 radical (unpaired) electrons. The molecule has 0 spiro atoms. The summed E-state index contributed by atoms with van der Waals surface area (Å²) in [6, 6.07) is -0.391. The third-order valence-corrected chi connectivity index (χ3v) is 3.50. The lowest BCUT2D eigenvalue weighted by atomic mass is 9.99. The highest BCUT2D eigenvalue weighted by Crippen LogP contribution is 2.18. The molecule has 2 heterocycles. The Morgan fingerprint density at radius 3 is 2.80 bits per heavy atom. The number of amides is 2. The summed E-state index contributed by atoms with van der Waals surface area (Å²) < 4.78 is 1.63. The van der Waals surface area contributed by atoms with Crippen molar-refractivity contribution in [3.05, 3.63) is 17.5 Å². The summed E-state index contributed by atoms with van der Waals surface area (Å²) in [5.41, 5.74) is 1.28. The largest absolute Gasteiger partial charge is 0.353 e. The number of nitrogens with zero attached hydrogens (tertiary/aromatic N) is 3. The lowest BCUT2D eigenvalue weighted by molar-refractivity contribution is -0.128. The van der Waals surface area contributed by atoms with Gasteiger partial charge in [0, 0.05) is 31.9 Å². The van der Waals surface area contributed by atoms with Crippen LogP contribution in [-0.2, 0) is 11.8 Å². The Kier molecular flexibility index (Phi) is 4.11. The maximum atomic E-state index is 12.6. The van der Waals surface area contributed by atoms with Crippen molar-refractivity contribution >= 4 is 11.8 Å². The highest BCUT2D eigenvalue weighted by Gasteiger charge is 2.35. The number of aromatic nitrogens is 2. The molecule has 0 aromatic carbocycles. The van der Waals surface area contributed by atoms with Crippen LogP contribution in [0.2, 0.25) is 0 Å². The molecule has 1 N–H and O–H groups in total. The van der Waals surface area contributed by atoms with Crippen LogP contribution >= 0.6 is 0 Å². The first-order chi connectivity index (χ1) is 9.40. The van der Waals surface area contributed by atoms with E-state index in [4.69, 9.17) is 0 Å². The third kappa shape index (κ3) is 2.84. The van der Waals surface area contributed by atoms with E-state index in [-0.39, 0.29) is 11.8 Å². The van der Waals surface area contributed by atoms with Crippen LogP contribution in [0.3, 0.4) is 0 Å². The van der Waals surface area contributed by atoms with Gasteiger partial charge in [0.05, 0.1) is 0 Å². The smallest absolute Gasteiger partial charge is 0.275 e. The van der Waals surface area contributed by atoms with Crippen molar-refractivity contribution in [2.45, 2.75) is 33.2 Å². The van der Waals surface area contributed by atoms with Crippen molar-refractivity contribution < 1.29 is 9.59 Å². The predicted molar refractivity (Wildman–Crippen MR) is 75.2 cm³/mol. The minimum atomic E-state index is -0.391. The fourth-order valence-electron chi connectivity index (χ4n) is 2.59. The van der Waals surface area contributed by atoms with E-state index in [9.17, 15) is 9.59 Å². The van der Waals surface area contributed by atoms with Gasteiger partial charge in [-0.05, 0) is 19.3 Å². The van der Waals surface area contributed by atoms with E-state index in [0.29, 0.717) is 31.1 Å². The molecule has 0 bridgehead atoms. The molecule has 20 heavy (non-hydrogen) atoms. The van der Waals surface area contributed by atoms with Crippen molar-refractivity contribution in [1.29, 1.82) is 0 Å². The van der Waals surface area contributed by atoms with E-state index in [1.165, 1.54) is 0 Å². The summed E-state index contributed by atoms with van der Waals surface area (Å²) in [6.45, 7) is 7.01. The van der Waals surface area contributed by atoms with Gasteiger partial charge in [0.1, 0.15) is 6.04 Å². The zero-order valence-electron chi connectivity index (χ0n) is 12.5. The summed E-state index contributed by atoms with van der Waals surface area (Å²) in [5.74, 6) is 0.138. The average Bonchev–Trinajstić information content (AvgIpc) is 2.70. The Morgan fingerprint density at radius 1 is 1.55 bits per heavy atom. The second kappa shape index (κ2) is 5.64. The summed E-state index contributed by atoms with van der Waals surface area (Å²) in [4.78, 5) is 26.3. The topological polar surface area (TPSA) is 67.2 Å². The molecule has 0 aliphatic carbocycles. The van der Waals surface area contributed by atoms with E-state index in [0.717, 1.165) is 5.56 Å². The second-order valence-corrected chi connectivity index (χ2v) is 5.77. The minimum Gasteiger partial charge on any atom is -0.353 e. The average molecular weight is 278 g/mol. The van der Waals surface area contributed by atoms with Gasteiger partial charge in [0.2, 0.25) is 5.91 Å². The molecule has 1 atom stereocenters.